The summed E-state index contributed by atoms with van der Waals surface area (Å²) in [5.41, 5.74) is 7.23. The van der Waals surface area contributed by atoms with E-state index in [1.807, 2.05) is 12.1 Å². The van der Waals surface area contributed by atoms with Crippen molar-refractivity contribution in [2.24, 2.45) is 5.73 Å². The van der Waals surface area contributed by atoms with Crippen molar-refractivity contribution in [3.05, 3.63) is 40.6 Å². The Hall–Kier alpha value is -1.89. The summed E-state index contributed by atoms with van der Waals surface area (Å²) in [6.07, 6.45) is 1.42. The first kappa shape index (κ1) is 16.0. The highest BCUT2D eigenvalue weighted by molar-refractivity contribution is 6.44. The number of carbonyl (C=O) groups is 1. The summed E-state index contributed by atoms with van der Waals surface area (Å²) in [7, 11) is 0. The van der Waals surface area contributed by atoms with E-state index in [9.17, 15) is 4.79 Å². The average molecular weight is 335 g/mol. The van der Waals surface area contributed by atoms with Crippen molar-refractivity contribution >= 4 is 28.9 Å². The third-order valence-electron chi connectivity index (χ3n) is 4.14. The largest absolute Gasteiger partial charge is 0.393 e. The molecule has 0 saturated carbocycles. The molecule has 6 nitrogen and oxygen atoms in total. The minimum Gasteiger partial charge on any atom is -0.393 e. The van der Waals surface area contributed by atoms with Crippen molar-refractivity contribution in [1.82, 2.24) is 5.32 Å². The summed E-state index contributed by atoms with van der Waals surface area (Å²) in [6, 6.07) is 7.86. The SMILES string of the molecule is CC(=N)/C(Cl)=C(\N)C(=O)Nc1ccc([C@H]2O[C@@H]3CN[C@H]2C3)cc1. The van der Waals surface area contributed by atoms with E-state index < -0.39 is 5.91 Å². The van der Waals surface area contributed by atoms with E-state index in [1.165, 1.54) is 6.92 Å². The Balaban J connectivity index is 1.67. The van der Waals surface area contributed by atoms with Gasteiger partial charge in [0.15, 0.2) is 0 Å². The Labute approximate surface area is 139 Å². The number of anilines is 1. The topological polar surface area (TPSA) is 100 Å². The van der Waals surface area contributed by atoms with E-state index in [2.05, 4.69) is 10.6 Å². The molecule has 2 aliphatic rings. The average Bonchev–Trinajstić information content (AvgIpc) is 3.17. The molecule has 23 heavy (non-hydrogen) atoms. The number of benzene rings is 1. The lowest BCUT2D eigenvalue weighted by molar-refractivity contribution is -0.112. The van der Waals surface area contributed by atoms with Gasteiger partial charge in [-0.25, -0.2) is 0 Å². The van der Waals surface area contributed by atoms with E-state index in [0.29, 0.717) is 17.8 Å². The van der Waals surface area contributed by atoms with Crippen LogP contribution in [0.3, 0.4) is 0 Å². The molecule has 0 aromatic heterocycles. The highest BCUT2D eigenvalue weighted by atomic mass is 35.5. The number of carbonyl (C=O) groups excluding carboxylic acids is 1. The summed E-state index contributed by atoms with van der Waals surface area (Å²) >= 11 is 5.82. The fourth-order valence-corrected chi connectivity index (χ4v) is 3.02. The van der Waals surface area contributed by atoms with Crippen molar-refractivity contribution < 1.29 is 9.53 Å². The van der Waals surface area contributed by atoms with Crippen LogP contribution >= 0.6 is 11.6 Å². The van der Waals surface area contributed by atoms with Crippen molar-refractivity contribution in [2.75, 3.05) is 11.9 Å². The van der Waals surface area contributed by atoms with Gasteiger partial charge >= 0.3 is 0 Å². The molecule has 122 valence electrons. The highest BCUT2D eigenvalue weighted by Gasteiger charge is 2.41. The molecule has 0 aliphatic carbocycles. The third kappa shape index (κ3) is 3.24. The first-order valence-electron chi connectivity index (χ1n) is 7.46. The maximum Gasteiger partial charge on any atom is 0.273 e. The second-order valence-corrected chi connectivity index (χ2v) is 6.24. The van der Waals surface area contributed by atoms with E-state index >= 15 is 0 Å². The smallest absolute Gasteiger partial charge is 0.273 e. The van der Waals surface area contributed by atoms with Crippen LogP contribution in [-0.2, 0) is 9.53 Å². The molecule has 5 N–H and O–H groups in total. The molecule has 1 aromatic carbocycles. The van der Waals surface area contributed by atoms with Gasteiger partial charge in [0.05, 0.1) is 17.2 Å². The number of halogens is 1. The predicted octanol–water partition coefficient (Wildman–Crippen LogP) is 1.88. The maximum atomic E-state index is 12.0. The Morgan fingerprint density at radius 1 is 1.43 bits per heavy atom. The van der Waals surface area contributed by atoms with Gasteiger partial charge < -0.3 is 26.5 Å². The van der Waals surface area contributed by atoms with Gasteiger partial charge in [-0.3, -0.25) is 4.79 Å². The van der Waals surface area contributed by atoms with Gasteiger partial charge in [0.1, 0.15) is 5.70 Å². The van der Waals surface area contributed by atoms with Gasteiger partial charge in [0, 0.05) is 24.0 Å². The molecule has 0 unspecified atom stereocenters. The summed E-state index contributed by atoms with van der Waals surface area (Å²) in [6.45, 7) is 2.40. The summed E-state index contributed by atoms with van der Waals surface area (Å²) < 4.78 is 5.95. The van der Waals surface area contributed by atoms with Gasteiger partial charge in [-0.1, -0.05) is 23.7 Å². The molecule has 1 aromatic rings. The number of nitrogens with one attached hydrogen (secondary N) is 3. The molecule has 3 atom stereocenters. The fraction of sp³-hybridized carbons (Fsp3) is 0.375. The number of ether oxygens (including phenoxy) is 1. The maximum absolute atomic E-state index is 12.0. The molecule has 2 fully saturated rings. The van der Waals surface area contributed by atoms with E-state index in [4.69, 9.17) is 27.5 Å². The molecule has 0 spiro atoms. The number of allylic oxidation sites excluding steroid dienone is 1. The first-order chi connectivity index (χ1) is 11.0. The summed E-state index contributed by atoms with van der Waals surface area (Å²) in [5.74, 6) is -0.521. The zero-order chi connectivity index (χ0) is 16.6. The molecule has 3 rings (SSSR count). The predicted molar refractivity (Wildman–Crippen MR) is 89.6 cm³/mol. The Kier molecular flexibility index (Phi) is 4.39. The molecule has 2 aliphatic heterocycles. The Bertz CT molecular complexity index is 671. The van der Waals surface area contributed by atoms with Gasteiger partial charge in [-0.15, -0.1) is 0 Å². The number of rotatable bonds is 4. The normalized spacial score (nSPS) is 26.8. The zero-order valence-electron chi connectivity index (χ0n) is 12.7. The lowest BCUT2D eigenvalue weighted by atomic mass is 10.0. The van der Waals surface area contributed by atoms with E-state index in [1.54, 1.807) is 12.1 Å². The monoisotopic (exact) mass is 334 g/mol. The highest BCUT2D eigenvalue weighted by Crippen LogP contribution is 2.37. The van der Waals surface area contributed by atoms with Crippen molar-refractivity contribution in [1.29, 1.82) is 5.41 Å². The van der Waals surface area contributed by atoms with Crippen LogP contribution in [0.1, 0.15) is 25.0 Å². The number of nitrogens with two attached hydrogens (primary N) is 1. The number of morpholine rings is 1. The van der Waals surface area contributed by atoms with Crippen LogP contribution in [0, 0.1) is 5.41 Å². The number of hydrogen-bond donors (Lipinski definition) is 4. The quantitative estimate of drug-likeness (QED) is 0.499. The van der Waals surface area contributed by atoms with Crippen LogP contribution in [0.15, 0.2) is 35.0 Å². The lowest BCUT2D eigenvalue weighted by Crippen LogP contribution is -2.33. The molecule has 2 heterocycles. The molecule has 1 amide bonds. The van der Waals surface area contributed by atoms with Crippen LogP contribution in [-0.4, -0.2) is 30.3 Å². The van der Waals surface area contributed by atoms with Crippen LogP contribution in [0.2, 0.25) is 0 Å². The standard InChI is InChI=1S/C16H19ClN4O2/c1-8(18)13(17)14(19)16(22)21-10-4-2-9(3-5-10)15-12-6-11(23-15)7-20-12/h2-5,11-12,15,18,20H,6-7,19H2,1H3,(H,21,22)/b14-13+,18-8?/t11-,12-,15+/m0/s1. The van der Waals surface area contributed by atoms with Gasteiger partial charge in [-0.05, 0) is 31.0 Å². The fourth-order valence-electron chi connectivity index (χ4n) is 2.94. The van der Waals surface area contributed by atoms with Crippen molar-refractivity contribution in [3.8, 4) is 0 Å². The Morgan fingerprint density at radius 2 is 2.13 bits per heavy atom. The summed E-state index contributed by atoms with van der Waals surface area (Å²) in [5, 5.41) is 13.5. The number of hydrogen-bond acceptors (Lipinski definition) is 5. The van der Waals surface area contributed by atoms with Gasteiger partial charge in [0.25, 0.3) is 5.91 Å². The minimum absolute atomic E-state index is 0.0411. The molecule has 2 bridgehead atoms. The van der Waals surface area contributed by atoms with Crippen LogP contribution in [0.5, 0.6) is 0 Å². The van der Waals surface area contributed by atoms with E-state index in [-0.39, 0.29) is 22.5 Å². The second-order valence-electron chi connectivity index (χ2n) is 5.86. The van der Waals surface area contributed by atoms with E-state index in [0.717, 1.165) is 18.5 Å². The zero-order valence-corrected chi connectivity index (χ0v) is 13.5. The van der Waals surface area contributed by atoms with Crippen molar-refractivity contribution in [3.63, 3.8) is 0 Å². The molecular formula is C16H19ClN4O2. The van der Waals surface area contributed by atoms with Gasteiger partial charge in [0.2, 0.25) is 0 Å². The minimum atomic E-state index is -0.521. The second kappa shape index (κ2) is 6.31. The molecule has 7 heteroatoms. The summed E-state index contributed by atoms with van der Waals surface area (Å²) in [4.78, 5) is 12.0. The van der Waals surface area contributed by atoms with Crippen LogP contribution in [0.4, 0.5) is 5.69 Å². The van der Waals surface area contributed by atoms with Crippen LogP contribution < -0.4 is 16.4 Å². The van der Waals surface area contributed by atoms with Gasteiger partial charge in [-0.2, -0.15) is 0 Å². The molecule has 0 radical (unpaired) electrons. The molecular weight excluding hydrogens is 316 g/mol. The Morgan fingerprint density at radius 3 is 2.65 bits per heavy atom. The number of fused-ring (bicyclic) bond motifs is 2. The molecule has 2 saturated heterocycles. The van der Waals surface area contributed by atoms with Crippen LogP contribution in [0.25, 0.3) is 0 Å². The lowest BCUT2D eigenvalue weighted by Gasteiger charge is -2.23. The number of amides is 1. The third-order valence-corrected chi connectivity index (χ3v) is 4.62. The first-order valence-corrected chi connectivity index (χ1v) is 7.84. The van der Waals surface area contributed by atoms with Crippen molar-refractivity contribution in [2.45, 2.75) is 31.6 Å².